The molecule has 8 nitrogen and oxygen atoms in total. The fourth-order valence-corrected chi connectivity index (χ4v) is 3.04. The number of hydrogen-bond donors (Lipinski definition) is 1. The molecule has 0 saturated carbocycles. The lowest BCUT2D eigenvalue weighted by molar-refractivity contribution is -0.386. The first-order valence-corrected chi connectivity index (χ1v) is 9.18. The van der Waals surface area contributed by atoms with E-state index in [4.69, 9.17) is 4.74 Å². The van der Waals surface area contributed by atoms with Crippen molar-refractivity contribution in [1.29, 1.82) is 0 Å². The van der Waals surface area contributed by atoms with Crippen LogP contribution in [0.4, 0.5) is 15.9 Å². The number of nitrogens with one attached hydrogen (secondary N) is 1. The van der Waals surface area contributed by atoms with E-state index in [-0.39, 0.29) is 24.0 Å². The summed E-state index contributed by atoms with van der Waals surface area (Å²) in [5.41, 5.74) is 2.02. The molecule has 4 aromatic rings. The quantitative estimate of drug-likeness (QED) is 0.364. The summed E-state index contributed by atoms with van der Waals surface area (Å²) < 4.78 is 20.9. The summed E-state index contributed by atoms with van der Waals surface area (Å²) in [5, 5.41) is 14.4. The number of imidazole rings is 1. The van der Waals surface area contributed by atoms with Crippen LogP contribution in [0, 0.1) is 15.9 Å². The fourth-order valence-electron chi connectivity index (χ4n) is 3.04. The minimum absolute atomic E-state index is 0.0686. The molecular formula is C21H18FN5O3. The maximum Gasteiger partial charge on any atom is 0.331 e. The normalized spacial score (nSPS) is 10.9. The van der Waals surface area contributed by atoms with E-state index in [1.165, 1.54) is 24.3 Å². The molecule has 4 rings (SSSR count). The van der Waals surface area contributed by atoms with Crippen LogP contribution in [0.1, 0.15) is 11.4 Å². The number of fused-ring (bicyclic) bond motifs is 1. The zero-order valence-electron chi connectivity index (χ0n) is 16.1. The first-order chi connectivity index (χ1) is 14.5. The minimum atomic E-state index is -0.531. The predicted octanol–water partition coefficient (Wildman–Crippen LogP) is 4.21. The van der Waals surface area contributed by atoms with E-state index in [0.717, 1.165) is 5.56 Å². The summed E-state index contributed by atoms with van der Waals surface area (Å²) in [6.07, 6.45) is 0. The van der Waals surface area contributed by atoms with E-state index < -0.39 is 4.92 Å². The highest BCUT2D eigenvalue weighted by Crippen LogP contribution is 2.27. The van der Waals surface area contributed by atoms with Crippen molar-refractivity contribution in [3.63, 3.8) is 0 Å². The van der Waals surface area contributed by atoms with Crippen LogP contribution in [0.2, 0.25) is 0 Å². The zero-order valence-corrected chi connectivity index (χ0v) is 16.1. The van der Waals surface area contributed by atoms with Gasteiger partial charge < -0.3 is 14.6 Å². The van der Waals surface area contributed by atoms with E-state index in [1.54, 1.807) is 17.7 Å². The number of pyridine rings is 1. The number of aromatic nitrogens is 3. The molecule has 0 aliphatic carbocycles. The highest BCUT2D eigenvalue weighted by molar-refractivity contribution is 5.76. The van der Waals surface area contributed by atoms with Gasteiger partial charge in [-0.05, 0) is 29.8 Å². The summed E-state index contributed by atoms with van der Waals surface area (Å²) in [4.78, 5) is 19.5. The van der Waals surface area contributed by atoms with Crippen LogP contribution in [0.15, 0.2) is 60.7 Å². The molecule has 0 saturated heterocycles. The first kappa shape index (κ1) is 19.3. The summed E-state index contributed by atoms with van der Waals surface area (Å²) >= 11 is 0. The molecule has 0 fully saturated rings. The highest BCUT2D eigenvalue weighted by atomic mass is 19.1. The van der Waals surface area contributed by atoms with Crippen LogP contribution in [-0.4, -0.2) is 19.5 Å². The number of rotatable bonds is 7. The Labute approximate surface area is 171 Å². The van der Waals surface area contributed by atoms with E-state index in [2.05, 4.69) is 15.3 Å². The number of aryl methyl sites for hydroxylation is 1. The molecular weight excluding hydrogens is 389 g/mol. The van der Waals surface area contributed by atoms with Gasteiger partial charge in [-0.25, -0.2) is 9.37 Å². The Morgan fingerprint density at radius 2 is 1.93 bits per heavy atom. The number of hydrogen-bond acceptors (Lipinski definition) is 6. The minimum Gasteiger partial charge on any atom is -0.468 e. The van der Waals surface area contributed by atoms with Gasteiger partial charge in [0.1, 0.15) is 24.1 Å². The van der Waals surface area contributed by atoms with Crippen molar-refractivity contribution >= 4 is 22.5 Å². The van der Waals surface area contributed by atoms with Crippen molar-refractivity contribution in [2.24, 2.45) is 7.05 Å². The summed E-state index contributed by atoms with van der Waals surface area (Å²) in [6, 6.07) is 16.6. The lowest BCUT2D eigenvalue weighted by Gasteiger charge is -2.09. The van der Waals surface area contributed by atoms with Gasteiger partial charge in [-0.2, -0.15) is 4.98 Å². The Kier molecular flexibility index (Phi) is 5.25. The Morgan fingerprint density at radius 1 is 1.13 bits per heavy atom. The number of nitro groups is 1. The van der Waals surface area contributed by atoms with Gasteiger partial charge in [0, 0.05) is 13.1 Å². The molecule has 2 heterocycles. The number of benzene rings is 2. The van der Waals surface area contributed by atoms with Gasteiger partial charge in [0.25, 0.3) is 5.88 Å². The second-order valence-corrected chi connectivity index (χ2v) is 6.63. The number of nitrogens with zero attached hydrogens (tertiary/aromatic N) is 4. The van der Waals surface area contributed by atoms with E-state index in [1.807, 2.05) is 30.3 Å². The van der Waals surface area contributed by atoms with Crippen LogP contribution in [0.25, 0.3) is 11.0 Å². The molecule has 0 spiro atoms. The van der Waals surface area contributed by atoms with Crippen molar-refractivity contribution in [3.8, 4) is 5.88 Å². The lowest BCUT2D eigenvalue weighted by atomic mass is 10.2. The maximum atomic E-state index is 13.5. The molecule has 2 aromatic heterocycles. The Bertz CT molecular complexity index is 1210. The van der Waals surface area contributed by atoms with E-state index >= 15 is 0 Å². The monoisotopic (exact) mass is 407 g/mol. The highest BCUT2D eigenvalue weighted by Gasteiger charge is 2.18. The van der Waals surface area contributed by atoms with Gasteiger partial charge in [0.05, 0.1) is 22.5 Å². The fraction of sp³-hybridized carbons (Fsp3) is 0.143. The Morgan fingerprint density at radius 3 is 2.70 bits per heavy atom. The topological polar surface area (TPSA) is 95.1 Å². The molecule has 0 unspecified atom stereocenters. The number of ether oxygens (including phenoxy) is 1. The van der Waals surface area contributed by atoms with Gasteiger partial charge in [-0.1, -0.05) is 30.3 Å². The lowest BCUT2D eigenvalue weighted by Crippen LogP contribution is -2.08. The third kappa shape index (κ3) is 4.04. The first-order valence-electron chi connectivity index (χ1n) is 9.18. The van der Waals surface area contributed by atoms with Gasteiger partial charge in [0.2, 0.25) is 0 Å². The molecule has 9 heteroatoms. The second kappa shape index (κ2) is 8.16. The molecule has 0 aliphatic rings. The standard InChI is InChI=1S/C21H18FN5O3/c1-26-18-11-15(22)7-8-16(18)24-20(26)12-23-19-10-9-17(27(28)29)21(25-19)30-13-14-5-3-2-4-6-14/h2-11H,12-13H2,1H3,(H,23,25). The van der Waals surface area contributed by atoms with Crippen molar-refractivity contribution < 1.29 is 14.1 Å². The van der Waals surface area contributed by atoms with Crippen LogP contribution in [-0.2, 0) is 20.2 Å². The largest absolute Gasteiger partial charge is 0.468 e. The average Bonchev–Trinajstić information content (AvgIpc) is 3.06. The molecule has 152 valence electrons. The summed E-state index contributed by atoms with van der Waals surface area (Å²) in [7, 11) is 1.80. The average molecular weight is 407 g/mol. The Hall–Kier alpha value is -4.01. The smallest absolute Gasteiger partial charge is 0.331 e. The molecule has 0 atom stereocenters. The predicted molar refractivity (Wildman–Crippen MR) is 110 cm³/mol. The molecule has 0 radical (unpaired) electrons. The summed E-state index contributed by atoms with van der Waals surface area (Å²) in [5.74, 6) is 0.674. The second-order valence-electron chi connectivity index (χ2n) is 6.63. The van der Waals surface area contributed by atoms with E-state index in [0.29, 0.717) is 29.2 Å². The maximum absolute atomic E-state index is 13.5. The van der Waals surface area contributed by atoms with Crippen LogP contribution in [0.5, 0.6) is 5.88 Å². The van der Waals surface area contributed by atoms with Crippen LogP contribution < -0.4 is 10.1 Å². The Balaban J connectivity index is 1.53. The third-order valence-corrected chi connectivity index (χ3v) is 4.62. The van der Waals surface area contributed by atoms with E-state index in [9.17, 15) is 14.5 Å². The van der Waals surface area contributed by atoms with Crippen LogP contribution in [0.3, 0.4) is 0 Å². The summed E-state index contributed by atoms with van der Waals surface area (Å²) in [6.45, 7) is 0.462. The zero-order chi connectivity index (χ0) is 21.1. The third-order valence-electron chi connectivity index (χ3n) is 4.62. The van der Waals surface area contributed by atoms with Crippen molar-refractivity contribution in [2.45, 2.75) is 13.2 Å². The van der Waals surface area contributed by atoms with Crippen molar-refractivity contribution in [3.05, 3.63) is 88.0 Å². The molecule has 30 heavy (non-hydrogen) atoms. The molecule has 0 bridgehead atoms. The number of anilines is 1. The molecule has 0 aliphatic heterocycles. The molecule has 1 N–H and O–H groups in total. The van der Waals surface area contributed by atoms with Gasteiger partial charge >= 0.3 is 5.69 Å². The van der Waals surface area contributed by atoms with Gasteiger partial charge in [-0.15, -0.1) is 0 Å². The number of halogens is 1. The molecule has 0 amide bonds. The SMILES string of the molecule is Cn1c(CNc2ccc([N+](=O)[O-])c(OCc3ccccc3)n2)nc2ccc(F)cc21. The van der Waals surface area contributed by atoms with Crippen molar-refractivity contribution in [1.82, 2.24) is 14.5 Å². The van der Waals surface area contributed by atoms with Crippen molar-refractivity contribution in [2.75, 3.05) is 5.32 Å². The van der Waals surface area contributed by atoms with Gasteiger partial charge in [0.15, 0.2) is 0 Å². The van der Waals surface area contributed by atoms with Crippen LogP contribution >= 0.6 is 0 Å². The van der Waals surface area contributed by atoms with Gasteiger partial charge in [-0.3, -0.25) is 10.1 Å². The molecule has 2 aromatic carbocycles.